The lowest BCUT2D eigenvalue weighted by atomic mass is 9.92. The summed E-state index contributed by atoms with van der Waals surface area (Å²) in [5, 5.41) is 3.63. The highest BCUT2D eigenvalue weighted by Crippen LogP contribution is 2.44. The van der Waals surface area contributed by atoms with Crippen LogP contribution in [0.3, 0.4) is 0 Å². The summed E-state index contributed by atoms with van der Waals surface area (Å²) in [5.41, 5.74) is 2.83. The zero-order valence-electron chi connectivity index (χ0n) is 10.5. The normalized spacial score (nSPS) is 26.2. The Kier molecular flexibility index (Phi) is 2.71. The fourth-order valence-electron chi connectivity index (χ4n) is 3.22. The summed E-state index contributed by atoms with van der Waals surface area (Å²) >= 11 is 0. The maximum atomic E-state index is 5.39. The molecule has 0 bridgehead atoms. The van der Waals surface area contributed by atoms with E-state index in [2.05, 4.69) is 17.4 Å². The first-order chi connectivity index (χ1) is 8.33. The molecule has 1 aliphatic heterocycles. The minimum Gasteiger partial charge on any atom is -0.493 e. The molecule has 92 valence electrons. The van der Waals surface area contributed by atoms with E-state index in [4.69, 9.17) is 9.47 Å². The quantitative estimate of drug-likeness (QED) is 0.850. The van der Waals surface area contributed by atoms with Gasteiger partial charge >= 0.3 is 0 Å². The molecule has 0 amide bonds. The predicted molar refractivity (Wildman–Crippen MR) is 66.7 cm³/mol. The third kappa shape index (κ3) is 1.69. The van der Waals surface area contributed by atoms with Gasteiger partial charge in [0, 0.05) is 6.04 Å². The summed E-state index contributed by atoms with van der Waals surface area (Å²) in [7, 11) is 3.40. The molecule has 3 rings (SSSR count). The summed E-state index contributed by atoms with van der Waals surface area (Å²) in [6.07, 6.45) is 3.80. The van der Waals surface area contributed by atoms with Gasteiger partial charge in [-0.3, -0.25) is 0 Å². The maximum absolute atomic E-state index is 5.39. The van der Waals surface area contributed by atoms with E-state index in [1.807, 2.05) is 0 Å². The highest BCUT2D eigenvalue weighted by atomic mass is 16.5. The van der Waals surface area contributed by atoms with Crippen molar-refractivity contribution in [2.24, 2.45) is 5.92 Å². The van der Waals surface area contributed by atoms with Crippen molar-refractivity contribution in [3.05, 3.63) is 23.3 Å². The van der Waals surface area contributed by atoms with E-state index >= 15 is 0 Å². The molecule has 3 heteroatoms. The van der Waals surface area contributed by atoms with Gasteiger partial charge in [-0.05, 0) is 55.0 Å². The van der Waals surface area contributed by atoms with E-state index < -0.39 is 0 Å². The van der Waals surface area contributed by atoms with E-state index in [-0.39, 0.29) is 0 Å². The molecule has 1 N–H and O–H groups in total. The number of piperidine rings is 1. The highest BCUT2D eigenvalue weighted by Gasteiger charge is 2.35. The van der Waals surface area contributed by atoms with Crippen LogP contribution in [0.15, 0.2) is 12.1 Å². The summed E-state index contributed by atoms with van der Waals surface area (Å²) in [6, 6.07) is 4.82. The Balaban J connectivity index is 2.02. The van der Waals surface area contributed by atoms with Gasteiger partial charge in [-0.15, -0.1) is 0 Å². The summed E-state index contributed by atoms with van der Waals surface area (Å²) in [5.74, 6) is 2.46. The first-order valence-electron chi connectivity index (χ1n) is 6.31. The average molecular weight is 233 g/mol. The lowest BCUT2D eigenvalue weighted by molar-refractivity contribution is 0.306. The second kappa shape index (κ2) is 4.22. The Bertz CT molecular complexity index is 430. The standard InChI is InChI=1S/C14H19NO2/c1-16-12-7-10-6-9-4-3-5-15-14(9)11(10)8-13(12)17-2/h7-9,14-15H,3-6H2,1-2H3. The molecule has 0 spiro atoms. The van der Waals surface area contributed by atoms with Crippen LogP contribution in [0.1, 0.15) is 30.0 Å². The molecule has 2 unspecified atom stereocenters. The summed E-state index contributed by atoms with van der Waals surface area (Å²) < 4.78 is 10.8. The summed E-state index contributed by atoms with van der Waals surface area (Å²) in [6.45, 7) is 1.13. The van der Waals surface area contributed by atoms with Crippen LogP contribution in [-0.2, 0) is 6.42 Å². The van der Waals surface area contributed by atoms with Gasteiger partial charge in [0.1, 0.15) is 0 Å². The smallest absolute Gasteiger partial charge is 0.161 e. The minimum atomic E-state index is 0.526. The lowest BCUT2D eigenvalue weighted by Gasteiger charge is -2.27. The summed E-state index contributed by atoms with van der Waals surface area (Å²) in [4.78, 5) is 0. The maximum Gasteiger partial charge on any atom is 0.161 e. The molecule has 17 heavy (non-hydrogen) atoms. The highest BCUT2D eigenvalue weighted by molar-refractivity contribution is 5.51. The van der Waals surface area contributed by atoms with Gasteiger partial charge in [0.05, 0.1) is 14.2 Å². The van der Waals surface area contributed by atoms with Gasteiger partial charge < -0.3 is 14.8 Å². The van der Waals surface area contributed by atoms with Crippen LogP contribution in [0.2, 0.25) is 0 Å². The SMILES string of the molecule is COc1cc2c(cc1OC)C1NCCCC1C2. The van der Waals surface area contributed by atoms with Crippen molar-refractivity contribution in [1.82, 2.24) is 5.32 Å². The van der Waals surface area contributed by atoms with Crippen LogP contribution < -0.4 is 14.8 Å². The molecule has 3 nitrogen and oxygen atoms in total. The second-order valence-electron chi connectivity index (χ2n) is 4.94. The molecule has 2 atom stereocenters. The van der Waals surface area contributed by atoms with Crippen LogP contribution in [0.5, 0.6) is 11.5 Å². The second-order valence-corrected chi connectivity index (χ2v) is 4.94. The van der Waals surface area contributed by atoms with Crippen molar-refractivity contribution < 1.29 is 9.47 Å². The van der Waals surface area contributed by atoms with Crippen molar-refractivity contribution in [1.29, 1.82) is 0 Å². The fourth-order valence-corrected chi connectivity index (χ4v) is 3.22. The Morgan fingerprint density at radius 3 is 2.71 bits per heavy atom. The topological polar surface area (TPSA) is 30.5 Å². The fraction of sp³-hybridized carbons (Fsp3) is 0.571. The number of fused-ring (bicyclic) bond motifs is 3. The van der Waals surface area contributed by atoms with Crippen LogP contribution in [0, 0.1) is 5.92 Å². The van der Waals surface area contributed by atoms with Crippen LogP contribution >= 0.6 is 0 Å². The van der Waals surface area contributed by atoms with E-state index in [0.717, 1.165) is 24.0 Å². The molecule has 1 aromatic rings. The van der Waals surface area contributed by atoms with Gasteiger partial charge in [0.25, 0.3) is 0 Å². The molecular formula is C14H19NO2. The predicted octanol–water partition coefficient (Wildman–Crippen LogP) is 2.30. The number of hydrogen-bond donors (Lipinski definition) is 1. The molecule has 1 fully saturated rings. The molecular weight excluding hydrogens is 214 g/mol. The van der Waals surface area contributed by atoms with Crippen molar-refractivity contribution in [3.63, 3.8) is 0 Å². The van der Waals surface area contributed by atoms with Gasteiger partial charge in [0.15, 0.2) is 11.5 Å². The monoisotopic (exact) mass is 233 g/mol. The van der Waals surface area contributed by atoms with E-state index in [9.17, 15) is 0 Å². The Labute approximate surface area is 102 Å². The van der Waals surface area contributed by atoms with Crippen molar-refractivity contribution in [2.75, 3.05) is 20.8 Å². The number of ether oxygens (including phenoxy) is 2. The van der Waals surface area contributed by atoms with Gasteiger partial charge in [-0.25, -0.2) is 0 Å². The Morgan fingerprint density at radius 2 is 1.94 bits per heavy atom. The van der Waals surface area contributed by atoms with Gasteiger partial charge in [-0.2, -0.15) is 0 Å². The molecule has 2 aliphatic rings. The van der Waals surface area contributed by atoms with Crippen molar-refractivity contribution in [2.45, 2.75) is 25.3 Å². The number of benzene rings is 1. The third-order valence-electron chi connectivity index (χ3n) is 4.05. The molecule has 1 aromatic carbocycles. The third-order valence-corrected chi connectivity index (χ3v) is 4.05. The Hall–Kier alpha value is -1.22. The first-order valence-corrected chi connectivity index (χ1v) is 6.31. The van der Waals surface area contributed by atoms with Crippen LogP contribution in [0.25, 0.3) is 0 Å². The largest absolute Gasteiger partial charge is 0.493 e. The molecule has 1 saturated heterocycles. The van der Waals surface area contributed by atoms with Gasteiger partial charge in [-0.1, -0.05) is 0 Å². The number of rotatable bonds is 2. The van der Waals surface area contributed by atoms with Crippen molar-refractivity contribution >= 4 is 0 Å². The van der Waals surface area contributed by atoms with E-state index in [0.29, 0.717) is 6.04 Å². The molecule has 0 aromatic heterocycles. The molecule has 1 heterocycles. The number of hydrogen-bond acceptors (Lipinski definition) is 3. The van der Waals surface area contributed by atoms with Crippen molar-refractivity contribution in [3.8, 4) is 11.5 Å². The zero-order valence-corrected chi connectivity index (χ0v) is 10.5. The first kappa shape index (κ1) is 10.9. The minimum absolute atomic E-state index is 0.526. The molecule has 0 saturated carbocycles. The molecule has 1 aliphatic carbocycles. The van der Waals surface area contributed by atoms with Crippen LogP contribution in [0.4, 0.5) is 0 Å². The number of nitrogens with one attached hydrogen (secondary N) is 1. The van der Waals surface area contributed by atoms with Crippen LogP contribution in [-0.4, -0.2) is 20.8 Å². The molecule has 0 radical (unpaired) electrons. The lowest BCUT2D eigenvalue weighted by Crippen LogP contribution is -2.31. The van der Waals surface area contributed by atoms with E-state index in [1.54, 1.807) is 14.2 Å². The van der Waals surface area contributed by atoms with E-state index in [1.165, 1.54) is 30.4 Å². The zero-order chi connectivity index (χ0) is 11.8. The Morgan fingerprint density at radius 1 is 1.18 bits per heavy atom. The van der Waals surface area contributed by atoms with Gasteiger partial charge in [0.2, 0.25) is 0 Å². The average Bonchev–Trinajstić information content (AvgIpc) is 2.74. The number of methoxy groups -OCH3 is 2.